The van der Waals surface area contributed by atoms with Gasteiger partial charge in [0.2, 0.25) is 0 Å². The first-order valence-corrected chi connectivity index (χ1v) is 7.70. The van der Waals surface area contributed by atoms with Crippen LogP contribution in [0.15, 0.2) is 14.3 Å². The molecule has 80 valence electrons. The lowest BCUT2D eigenvalue weighted by atomic mass is 9.90. The molecular formula is C10H13Br3S. The number of hydrogen-bond acceptors (Lipinski definition) is 1. The lowest BCUT2D eigenvalue weighted by molar-refractivity contribution is 0.378. The van der Waals surface area contributed by atoms with Gasteiger partial charge < -0.3 is 0 Å². The molecule has 0 bridgehead atoms. The third-order valence-corrected chi connectivity index (χ3v) is 6.25. The summed E-state index contributed by atoms with van der Waals surface area (Å²) in [7, 11) is 0. The summed E-state index contributed by atoms with van der Waals surface area (Å²) in [5.74, 6) is 0. The standard InChI is InChI=1S/C10H13Br3S/c1-10(2,3)5-7(12)8-4-6(11)9(13)14-8/h4,7H,5H2,1-3H3. The van der Waals surface area contributed by atoms with Gasteiger partial charge in [0.25, 0.3) is 0 Å². The molecule has 0 amide bonds. The van der Waals surface area contributed by atoms with Gasteiger partial charge in [-0.3, -0.25) is 0 Å². The van der Waals surface area contributed by atoms with E-state index < -0.39 is 0 Å². The van der Waals surface area contributed by atoms with Crippen molar-refractivity contribution in [3.8, 4) is 0 Å². The molecule has 0 radical (unpaired) electrons. The molecule has 0 nitrogen and oxygen atoms in total. The van der Waals surface area contributed by atoms with Gasteiger partial charge in [-0.15, -0.1) is 11.3 Å². The van der Waals surface area contributed by atoms with Crippen LogP contribution in [0.5, 0.6) is 0 Å². The number of hydrogen-bond donors (Lipinski definition) is 0. The minimum absolute atomic E-state index is 0.358. The van der Waals surface area contributed by atoms with Crippen molar-refractivity contribution in [2.24, 2.45) is 5.41 Å². The third-order valence-electron chi connectivity index (χ3n) is 1.76. The van der Waals surface area contributed by atoms with Gasteiger partial charge in [0.05, 0.1) is 3.79 Å². The second kappa shape index (κ2) is 4.98. The van der Waals surface area contributed by atoms with Crippen LogP contribution in [0.25, 0.3) is 0 Å². The zero-order chi connectivity index (χ0) is 10.9. The molecule has 1 aromatic heterocycles. The molecule has 0 N–H and O–H groups in total. The minimum atomic E-state index is 0.358. The zero-order valence-electron chi connectivity index (χ0n) is 8.40. The average Bonchev–Trinajstić information content (AvgIpc) is 2.28. The first-order valence-electron chi connectivity index (χ1n) is 4.38. The highest BCUT2D eigenvalue weighted by atomic mass is 79.9. The van der Waals surface area contributed by atoms with Crippen LogP contribution >= 0.6 is 59.1 Å². The SMILES string of the molecule is CC(C)(C)CC(Br)c1cc(Br)c(Br)s1. The summed E-state index contributed by atoms with van der Waals surface area (Å²) in [5.41, 5.74) is 0.358. The Morgan fingerprint density at radius 2 is 1.93 bits per heavy atom. The Morgan fingerprint density at radius 3 is 2.29 bits per heavy atom. The summed E-state index contributed by atoms with van der Waals surface area (Å²) in [6.07, 6.45) is 1.15. The van der Waals surface area contributed by atoms with Gasteiger partial charge in [-0.1, -0.05) is 36.7 Å². The monoisotopic (exact) mass is 402 g/mol. The van der Waals surface area contributed by atoms with E-state index in [-0.39, 0.29) is 0 Å². The van der Waals surface area contributed by atoms with Crippen LogP contribution in [0.4, 0.5) is 0 Å². The Kier molecular flexibility index (Phi) is 4.70. The number of alkyl halides is 1. The van der Waals surface area contributed by atoms with Gasteiger partial charge in [-0.25, -0.2) is 0 Å². The van der Waals surface area contributed by atoms with E-state index in [1.807, 2.05) is 0 Å². The van der Waals surface area contributed by atoms with Crippen molar-refractivity contribution in [1.29, 1.82) is 0 Å². The summed E-state index contributed by atoms with van der Waals surface area (Å²) in [5, 5.41) is 0. The van der Waals surface area contributed by atoms with Gasteiger partial charge in [0, 0.05) is 14.2 Å². The average molecular weight is 405 g/mol. The quantitative estimate of drug-likeness (QED) is 0.519. The van der Waals surface area contributed by atoms with E-state index in [4.69, 9.17) is 0 Å². The molecule has 4 heteroatoms. The topological polar surface area (TPSA) is 0 Å². The van der Waals surface area contributed by atoms with Gasteiger partial charge >= 0.3 is 0 Å². The molecule has 0 spiro atoms. The molecule has 0 aliphatic rings. The molecular weight excluding hydrogens is 392 g/mol. The van der Waals surface area contributed by atoms with Crippen LogP contribution in [0.2, 0.25) is 0 Å². The molecule has 1 aromatic rings. The minimum Gasteiger partial charge on any atom is -0.131 e. The van der Waals surface area contributed by atoms with Crippen molar-refractivity contribution >= 4 is 59.1 Å². The molecule has 0 aliphatic carbocycles. The molecule has 0 saturated heterocycles. The predicted molar refractivity (Wildman–Crippen MR) is 75.5 cm³/mol. The molecule has 1 atom stereocenters. The van der Waals surface area contributed by atoms with Crippen LogP contribution < -0.4 is 0 Å². The second-order valence-corrected chi connectivity index (χ2v) is 8.86. The Balaban J connectivity index is 2.75. The number of rotatable bonds is 2. The third kappa shape index (κ3) is 3.95. The summed E-state index contributed by atoms with van der Waals surface area (Å²) in [6.45, 7) is 6.79. The van der Waals surface area contributed by atoms with E-state index in [0.29, 0.717) is 10.2 Å². The van der Waals surface area contributed by atoms with Gasteiger partial charge in [0.15, 0.2) is 0 Å². The molecule has 1 heterocycles. The Labute approximate surface area is 115 Å². The fourth-order valence-electron chi connectivity index (χ4n) is 1.16. The maximum absolute atomic E-state index is 3.74. The smallest absolute Gasteiger partial charge is 0.0843 e. The van der Waals surface area contributed by atoms with Crippen molar-refractivity contribution in [3.63, 3.8) is 0 Å². The lowest BCUT2D eigenvalue weighted by Crippen LogP contribution is -2.07. The zero-order valence-corrected chi connectivity index (χ0v) is 14.0. The van der Waals surface area contributed by atoms with E-state index in [1.165, 1.54) is 8.66 Å². The lowest BCUT2D eigenvalue weighted by Gasteiger charge is -2.21. The van der Waals surface area contributed by atoms with Crippen molar-refractivity contribution in [3.05, 3.63) is 19.2 Å². The summed E-state index contributed by atoms with van der Waals surface area (Å²) < 4.78 is 2.32. The van der Waals surface area contributed by atoms with E-state index in [2.05, 4.69) is 74.6 Å². The predicted octanol–water partition coefficient (Wildman–Crippen LogP) is 6.15. The van der Waals surface area contributed by atoms with Crippen molar-refractivity contribution in [2.45, 2.75) is 32.0 Å². The Bertz CT molecular complexity index is 292. The number of halogens is 3. The largest absolute Gasteiger partial charge is 0.131 e. The van der Waals surface area contributed by atoms with Gasteiger partial charge in [0.1, 0.15) is 0 Å². The fraction of sp³-hybridized carbons (Fsp3) is 0.600. The molecule has 0 aliphatic heterocycles. The molecule has 14 heavy (non-hydrogen) atoms. The maximum atomic E-state index is 3.74. The summed E-state index contributed by atoms with van der Waals surface area (Å²) in [4.78, 5) is 1.83. The van der Waals surface area contributed by atoms with Crippen LogP contribution in [0, 0.1) is 5.41 Å². The second-order valence-electron chi connectivity index (χ2n) is 4.50. The molecule has 0 aromatic carbocycles. The Hall–Kier alpha value is 1.14. The molecule has 1 rings (SSSR count). The highest BCUT2D eigenvalue weighted by Crippen LogP contribution is 2.42. The summed E-state index contributed by atoms with van der Waals surface area (Å²) in [6, 6.07) is 2.18. The molecule has 0 fully saturated rings. The first kappa shape index (κ1) is 13.2. The van der Waals surface area contributed by atoms with Gasteiger partial charge in [-0.2, -0.15) is 0 Å². The highest BCUT2D eigenvalue weighted by Gasteiger charge is 2.20. The highest BCUT2D eigenvalue weighted by molar-refractivity contribution is 9.13. The van der Waals surface area contributed by atoms with Gasteiger partial charge in [-0.05, 0) is 49.8 Å². The number of thiophene rings is 1. The van der Waals surface area contributed by atoms with Crippen molar-refractivity contribution in [2.75, 3.05) is 0 Å². The van der Waals surface area contributed by atoms with Crippen molar-refractivity contribution < 1.29 is 0 Å². The van der Waals surface area contributed by atoms with Crippen LogP contribution in [-0.4, -0.2) is 0 Å². The maximum Gasteiger partial charge on any atom is 0.0843 e. The van der Waals surface area contributed by atoms with Crippen LogP contribution in [0.3, 0.4) is 0 Å². The first-order chi connectivity index (χ1) is 6.29. The normalized spacial score (nSPS) is 14.4. The van der Waals surface area contributed by atoms with E-state index >= 15 is 0 Å². The van der Waals surface area contributed by atoms with E-state index in [9.17, 15) is 0 Å². The van der Waals surface area contributed by atoms with Crippen LogP contribution in [0.1, 0.15) is 36.9 Å². The molecule has 1 unspecified atom stereocenters. The fourth-order valence-corrected chi connectivity index (χ4v) is 4.61. The summed E-state index contributed by atoms with van der Waals surface area (Å²) >= 11 is 12.5. The Morgan fingerprint density at radius 1 is 1.36 bits per heavy atom. The van der Waals surface area contributed by atoms with E-state index in [0.717, 1.165) is 10.9 Å². The van der Waals surface area contributed by atoms with Crippen molar-refractivity contribution in [1.82, 2.24) is 0 Å². The van der Waals surface area contributed by atoms with E-state index in [1.54, 1.807) is 11.3 Å². The molecule has 0 saturated carbocycles. The van der Waals surface area contributed by atoms with Crippen LogP contribution in [-0.2, 0) is 0 Å².